The van der Waals surface area contributed by atoms with Gasteiger partial charge in [-0.1, -0.05) is 40.8 Å². The van der Waals surface area contributed by atoms with Crippen molar-refractivity contribution >= 4 is 33.5 Å². The minimum atomic E-state index is 1.04. The minimum Gasteiger partial charge on any atom is -0.256 e. The molecule has 0 fully saturated rings. The zero-order valence-corrected chi connectivity index (χ0v) is 8.65. The topological polar surface area (TPSA) is 12.9 Å². The van der Waals surface area contributed by atoms with Crippen LogP contribution in [0.4, 0.5) is 0 Å². The Morgan fingerprint density at radius 2 is 2.08 bits per heavy atom. The van der Waals surface area contributed by atoms with Crippen molar-refractivity contribution in [1.29, 1.82) is 0 Å². The molecule has 0 unspecified atom stereocenters. The Hall–Kier alpha value is -0.640. The van der Waals surface area contributed by atoms with Crippen LogP contribution in [0.15, 0.2) is 36.5 Å². The lowest BCUT2D eigenvalue weighted by Gasteiger charge is -2.00. The normalized spacial score (nSPS) is 10.4. The highest BCUT2D eigenvalue weighted by molar-refractivity contribution is 14.1. The molecular weight excluding hydrogens is 261 g/mol. The van der Waals surface area contributed by atoms with Gasteiger partial charge in [0.25, 0.3) is 0 Å². The maximum Gasteiger partial charge on any atom is 0.0704 e. The Kier molecular flexibility index (Phi) is 2.26. The molecule has 1 nitrogen and oxygen atoms in total. The van der Waals surface area contributed by atoms with Crippen LogP contribution in [0.25, 0.3) is 10.9 Å². The van der Waals surface area contributed by atoms with Crippen molar-refractivity contribution in [2.24, 2.45) is 0 Å². The fourth-order valence-electron chi connectivity index (χ4n) is 1.28. The third kappa shape index (κ3) is 1.31. The van der Waals surface area contributed by atoms with Gasteiger partial charge in [-0.3, -0.25) is 4.98 Å². The standard InChI is InChI=1S/C10H8IN/c11-7-8-3-1-5-10-9(8)4-2-6-12-10/h1-6H,7H2. The van der Waals surface area contributed by atoms with E-state index in [2.05, 4.69) is 45.8 Å². The van der Waals surface area contributed by atoms with Crippen molar-refractivity contribution in [3.8, 4) is 0 Å². The number of halogens is 1. The average Bonchev–Trinajstić information content (AvgIpc) is 2.17. The molecule has 0 spiro atoms. The molecule has 0 aliphatic rings. The predicted molar refractivity (Wildman–Crippen MR) is 59.5 cm³/mol. The fraction of sp³-hybridized carbons (Fsp3) is 0.100. The number of hydrogen-bond acceptors (Lipinski definition) is 1. The highest BCUT2D eigenvalue weighted by Gasteiger charge is 1.97. The summed E-state index contributed by atoms with van der Waals surface area (Å²) in [7, 11) is 0. The SMILES string of the molecule is ICc1cccc2ncccc12. The van der Waals surface area contributed by atoms with E-state index in [1.54, 1.807) is 0 Å². The smallest absolute Gasteiger partial charge is 0.0704 e. The first-order valence-electron chi connectivity index (χ1n) is 3.80. The van der Waals surface area contributed by atoms with E-state index in [0.29, 0.717) is 0 Å². The number of aromatic nitrogens is 1. The molecule has 0 bridgehead atoms. The number of pyridine rings is 1. The summed E-state index contributed by atoms with van der Waals surface area (Å²) in [6, 6.07) is 10.4. The Bertz CT molecular complexity index is 392. The molecule has 2 rings (SSSR count). The fourth-order valence-corrected chi connectivity index (χ4v) is 1.95. The van der Waals surface area contributed by atoms with Gasteiger partial charge in [0.1, 0.15) is 0 Å². The Morgan fingerprint density at radius 3 is 2.92 bits per heavy atom. The summed E-state index contributed by atoms with van der Waals surface area (Å²) in [5, 5.41) is 1.27. The van der Waals surface area contributed by atoms with Gasteiger partial charge in [-0.25, -0.2) is 0 Å². The lowest BCUT2D eigenvalue weighted by atomic mass is 10.1. The molecule has 0 atom stereocenters. The van der Waals surface area contributed by atoms with Crippen molar-refractivity contribution in [1.82, 2.24) is 4.98 Å². The van der Waals surface area contributed by atoms with Crippen LogP contribution in [0.5, 0.6) is 0 Å². The first kappa shape index (κ1) is 7.98. The highest BCUT2D eigenvalue weighted by atomic mass is 127. The Balaban J connectivity index is 2.79. The molecular formula is C10H8IN. The number of rotatable bonds is 1. The summed E-state index contributed by atoms with van der Waals surface area (Å²) < 4.78 is 1.04. The van der Waals surface area contributed by atoms with E-state index in [-0.39, 0.29) is 0 Å². The van der Waals surface area contributed by atoms with Gasteiger partial charge < -0.3 is 0 Å². The van der Waals surface area contributed by atoms with Crippen LogP contribution in [-0.4, -0.2) is 4.98 Å². The Morgan fingerprint density at radius 1 is 1.17 bits per heavy atom. The molecule has 12 heavy (non-hydrogen) atoms. The van der Waals surface area contributed by atoms with Crippen LogP contribution in [0, 0.1) is 0 Å². The lowest BCUT2D eigenvalue weighted by molar-refractivity contribution is 1.39. The van der Waals surface area contributed by atoms with Crippen molar-refractivity contribution < 1.29 is 0 Å². The van der Waals surface area contributed by atoms with Crippen LogP contribution in [0.1, 0.15) is 5.56 Å². The second-order valence-electron chi connectivity index (χ2n) is 2.62. The summed E-state index contributed by atoms with van der Waals surface area (Å²) in [6.07, 6.45) is 1.83. The quantitative estimate of drug-likeness (QED) is 0.572. The molecule has 2 aromatic rings. The van der Waals surface area contributed by atoms with Gasteiger partial charge in [-0.05, 0) is 17.7 Å². The van der Waals surface area contributed by atoms with Crippen molar-refractivity contribution in [3.63, 3.8) is 0 Å². The third-order valence-electron chi connectivity index (χ3n) is 1.88. The zero-order chi connectivity index (χ0) is 8.39. The molecule has 0 aliphatic heterocycles. The number of nitrogens with zero attached hydrogens (tertiary/aromatic N) is 1. The number of fused-ring (bicyclic) bond motifs is 1. The second-order valence-corrected chi connectivity index (χ2v) is 3.38. The molecule has 1 aromatic heterocycles. The summed E-state index contributed by atoms with van der Waals surface area (Å²) in [6.45, 7) is 0. The largest absolute Gasteiger partial charge is 0.256 e. The Labute approximate surface area is 85.0 Å². The lowest BCUT2D eigenvalue weighted by Crippen LogP contribution is -1.82. The van der Waals surface area contributed by atoms with Crippen LogP contribution in [0.3, 0.4) is 0 Å². The van der Waals surface area contributed by atoms with E-state index in [1.807, 2.05) is 18.3 Å². The summed E-state index contributed by atoms with van der Waals surface area (Å²) in [5.41, 5.74) is 2.45. The van der Waals surface area contributed by atoms with Gasteiger partial charge in [-0.2, -0.15) is 0 Å². The minimum absolute atomic E-state index is 1.04. The van der Waals surface area contributed by atoms with Crippen LogP contribution >= 0.6 is 22.6 Å². The van der Waals surface area contributed by atoms with Gasteiger partial charge in [-0.15, -0.1) is 0 Å². The van der Waals surface area contributed by atoms with Gasteiger partial charge in [0.05, 0.1) is 5.52 Å². The average molecular weight is 269 g/mol. The molecule has 0 saturated heterocycles. The van der Waals surface area contributed by atoms with Gasteiger partial charge in [0.15, 0.2) is 0 Å². The second kappa shape index (κ2) is 3.39. The van der Waals surface area contributed by atoms with E-state index < -0.39 is 0 Å². The van der Waals surface area contributed by atoms with Crippen molar-refractivity contribution in [2.75, 3.05) is 0 Å². The van der Waals surface area contributed by atoms with Gasteiger partial charge >= 0.3 is 0 Å². The zero-order valence-electron chi connectivity index (χ0n) is 6.50. The van der Waals surface area contributed by atoms with E-state index in [0.717, 1.165) is 9.94 Å². The number of benzene rings is 1. The summed E-state index contributed by atoms with van der Waals surface area (Å²) >= 11 is 2.37. The summed E-state index contributed by atoms with van der Waals surface area (Å²) in [5.74, 6) is 0. The first-order chi connectivity index (χ1) is 5.92. The molecule has 0 N–H and O–H groups in total. The van der Waals surface area contributed by atoms with E-state index in [1.165, 1.54) is 10.9 Å². The highest BCUT2D eigenvalue weighted by Crippen LogP contribution is 2.18. The van der Waals surface area contributed by atoms with Gasteiger partial charge in [0, 0.05) is 16.0 Å². The molecule has 0 amide bonds. The maximum absolute atomic E-state index is 4.29. The predicted octanol–water partition coefficient (Wildman–Crippen LogP) is 3.17. The molecule has 1 heterocycles. The van der Waals surface area contributed by atoms with Crippen LogP contribution in [-0.2, 0) is 4.43 Å². The van der Waals surface area contributed by atoms with Gasteiger partial charge in [0.2, 0.25) is 0 Å². The molecule has 1 aromatic carbocycles. The number of hydrogen-bond donors (Lipinski definition) is 0. The van der Waals surface area contributed by atoms with E-state index in [4.69, 9.17) is 0 Å². The van der Waals surface area contributed by atoms with Crippen LogP contribution in [0.2, 0.25) is 0 Å². The van der Waals surface area contributed by atoms with Crippen LogP contribution < -0.4 is 0 Å². The molecule has 0 aliphatic carbocycles. The van der Waals surface area contributed by atoms with Crippen molar-refractivity contribution in [2.45, 2.75) is 4.43 Å². The molecule has 0 saturated carbocycles. The number of alkyl halides is 1. The molecule has 0 radical (unpaired) electrons. The summed E-state index contributed by atoms with van der Waals surface area (Å²) in [4.78, 5) is 4.29. The maximum atomic E-state index is 4.29. The molecule has 2 heteroatoms. The first-order valence-corrected chi connectivity index (χ1v) is 5.33. The van der Waals surface area contributed by atoms with E-state index in [9.17, 15) is 0 Å². The van der Waals surface area contributed by atoms with Crippen molar-refractivity contribution in [3.05, 3.63) is 42.1 Å². The van der Waals surface area contributed by atoms with E-state index >= 15 is 0 Å². The monoisotopic (exact) mass is 269 g/mol. The molecule has 60 valence electrons. The third-order valence-corrected chi connectivity index (χ3v) is 2.70.